The number of benzene rings is 2. The fourth-order valence-corrected chi connectivity index (χ4v) is 4.86. The van der Waals surface area contributed by atoms with Crippen LogP contribution in [0.4, 0.5) is 4.39 Å². The Balaban J connectivity index is 1.58. The molecule has 2 atom stereocenters. The van der Waals surface area contributed by atoms with Gasteiger partial charge in [0.25, 0.3) is 5.91 Å². The maximum atomic E-state index is 14.1. The molecular formula is C28H32FN3O. The van der Waals surface area contributed by atoms with E-state index in [1.165, 1.54) is 11.6 Å². The number of halogens is 1. The van der Waals surface area contributed by atoms with E-state index in [9.17, 15) is 9.18 Å². The normalized spacial score (nSPS) is 18.5. The van der Waals surface area contributed by atoms with E-state index in [4.69, 9.17) is 0 Å². The van der Waals surface area contributed by atoms with E-state index in [1.807, 2.05) is 65.8 Å². The maximum Gasteiger partial charge on any atom is 0.253 e. The summed E-state index contributed by atoms with van der Waals surface area (Å²) in [7, 11) is 0. The number of hydrogen-bond acceptors (Lipinski definition) is 3. The van der Waals surface area contributed by atoms with Crippen LogP contribution in [0.3, 0.4) is 0 Å². The lowest BCUT2D eigenvalue weighted by Gasteiger charge is -2.30. The quantitative estimate of drug-likeness (QED) is 0.476. The van der Waals surface area contributed by atoms with Crippen LogP contribution in [0.2, 0.25) is 0 Å². The Morgan fingerprint density at radius 2 is 1.82 bits per heavy atom. The van der Waals surface area contributed by atoms with Crippen molar-refractivity contribution < 1.29 is 9.18 Å². The molecule has 2 unspecified atom stereocenters. The highest BCUT2D eigenvalue weighted by Crippen LogP contribution is 2.35. The van der Waals surface area contributed by atoms with Crippen molar-refractivity contribution in [1.82, 2.24) is 14.8 Å². The Morgan fingerprint density at radius 3 is 2.52 bits per heavy atom. The Morgan fingerprint density at radius 1 is 1.06 bits per heavy atom. The molecule has 0 bridgehead atoms. The molecule has 0 aliphatic carbocycles. The first-order valence-corrected chi connectivity index (χ1v) is 11.7. The summed E-state index contributed by atoms with van der Waals surface area (Å²) in [4.78, 5) is 21.9. The average molecular weight is 446 g/mol. The van der Waals surface area contributed by atoms with Crippen LogP contribution in [0, 0.1) is 17.7 Å². The van der Waals surface area contributed by atoms with Crippen LogP contribution in [-0.4, -0.2) is 46.9 Å². The first kappa shape index (κ1) is 23.1. The van der Waals surface area contributed by atoms with Crippen molar-refractivity contribution in [2.45, 2.75) is 26.3 Å². The van der Waals surface area contributed by atoms with Gasteiger partial charge in [0.05, 0.1) is 0 Å². The molecule has 1 saturated heterocycles. The molecule has 2 aromatic carbocycles. The fourth-order valence-electron chi connectivity index (χ4n) is 4.86. The van der Waals surface area contributed by atoms with Crippen LogP contribution in [0.5, 0.6) is 0 Å². The van der Waals surface area contributed by atoms with Gasteiger partial charge in [-0.05, 0) is 59.4 Å². The molecule has 1 amide bonds. The molecule has 4 rings (SSSR count). The van der Waals surface area contributed by atoms with Crippen LogP contribution in [0.1, 0.15) is 41.3 Å². The van der Waals surface area contributed by atoms with E-state index in [0.29, 0.717) is 24.6 Å². The van der Waals surface area contributed by atoms with Gasteiger partial charge >= 0.3 is 0 Å². The predicted octanol–water partition coefficient (Wildman–Crippen LogP) is 5.23. The van der Waals surface area contributed by atoms with E-state index in [0.717, 1.165) is 25.2 Å². The fraction of sp³-hybridized carbons (Fsp3) is 0.357. The summed E-state index contributed by atoms with van der Waals surface area (Å²) in [6, 6.07) is 20.5. The summed E-state index contributed by atoms with van der Waals surface area (Å²) >= 11 is 0. The second-order valence-corrected chi connectivity index (χ2v) is 9.44. The Kier molecular flexibility index (Phi) is 7.50. The highest BCUT2D eigenvalue weighted by molar-refractivity contribution is 5.94. The first-order chi connectivity index (χ1) is 16.0. The third-order valence-corrected chi connectivity index (χ3v) is 6.30. The number of rotatable bonds is 8. The van der Waals surface area contributed by atoms with Gasteiger partial charge in [-0.2, -0.15) is 0 Å². The van der Waals surface area contributed by atoms with Crippen LogP contribution in [0.25, 0.3) is 0 Å². The highest BCUT2D eigenvalue weighted by Gasteiger charge is 2.36. The molecule has 0 spiro atoms. The molecule has 2 heterocycles. The van der Waals surface area contributed by atoms with Crippen LogP contribution >= 0.6 is 0 Å². The summed E-state index contributed by atoms with van der Waals surface area (Å²) in [6.45, 7) is 8.15. The summed E-state index contributed by atoms with van der Waals surface area (Å²) in [5.41, 5.74) is 2.93. The highest BCUT2D eigenvalue weighted by atomic mass is 19.1. The van der Waals surface area contributed by atoms with Gasteiger partial charge in [-0.1, -0.05) is 44.2 Å². The van der Waals surface area contributed by atoms with Gasteiger partial charge in [0.1, 0.15) is 5.82 Å². The van der Waals surface area contributed by atoms with Gasteiger partial charge in [-0.25, -0.2) is 4.39 Å². The topological polar surface area (TPSA) is 36.4 Å². The SMILES string of the molecule is CC(C)CN(CC1CN(Cc2ccncc2)CC1c1cccc(F)c1)C(=O)c1ccccc1. The summed E-state index contributed by atoms with van der Waals surface area (Å²) in [5, 5.41) is 0. The minimum absolute atomic E-state index is 0.0647. The zero-order valence-electron chi connectivity index (χ0n) is 19.4. The lowest BCUT2D eigenvalue weighted by Crippen LogP contribution is -2.39. The van der Waals surface area contributed by atoms with Crippen molar-refractivity contribution in [3.05, 3.63) is 102 Å². The van der Waals surface area contributed by atoms with Crippen molar-refractivity contribution >= 4 is 5.91 Å². The van der Waals surface area contributed by atoms with E-state index in [2.05, 4.69) is 23.7 Å². The van der Waals surface area contributed by atoms with Crippen LogP contribution in [-0.2, 0) is 6.54 Å². The smallest absolute Gasteiger partial charge is 0.253 e. The van der Waals surface area contributed by atoms with Gasteiger partial charge < -0.3 is 4.90 Å². The summed E-state index contributed by atoms with van der Waals surface area (Å²) in [6.07, 6.45) is 3.63. The Labute approximate surface area is 196 Å². The molecular weight excluding hydrogens is 413 g/mol. The number of aromatic nitrogens is 1. The van der Waals surface area contributed by atoms with Gasteiger partial charge in [-0.15, -0.1) is 0 Å². The molecule has 1 fully saturated rings. The average Bonchev–Trinajstić information content (AvgIpc) is 3.21. The van der Waals surface area contributed by atoms with E-state index < -0.39 is 0 Å². The van der Waals surface area contributed by atoms with Crippen molar-refractivity contribution in [2.24, 2.45) is 11.8 Å². The number of carbonyl (C=O) groups excluding carboxylic acids is 1. The molecule has 33 heavy (non-hydrogen) atoms. The standard InChI is InChI=1S/C28H32FN3O/c1-21(2)16-32(28(33)23-7-4-3-5-8-23)19-25-18-31(17-22-11-13-30-14-12-22)20-27(25)24-9-6-10-26(29)15-24/h3-15,21,25,27H,16-20H2,1-2H3. The summed E-state index contributed by atoms with van der Waals surface area (Å²) in [5.74, 6) is 0.605. The minimum Gasteiger partial charge on any atom is -0.338 e. The molecule has 0 N–H and O–H groups in total. The number of carbonyl (C=O) groups is 1. The molecule has 1 aliphatic rings. The van der Waals surface area contributed by atoms with E-state index in [-0.39, 0.29) is 23.6 Å². The third kappa shape index (κ3) is 6.05. The minimum atomic E-state index is -0.210. The largest absolute Gasteiger partial charge is 0.338 e. The maximum absolute atomic E-state index is 14.1. The lowest BCUT2D eigenvalue weighted by molar-refractivity contribution is 0.0703. The molecule has 4 nitrogen and oxygen atoms in total. The molecule has 0 saturated carbocycles. The molecule has 3 aromatic rings. The number of nitrogens with zero attached hydrogens (tertiary/aromatic N) is 3. The van der Waals surface area contributed by atoms with Gasteiger partial charge in [-0.3, -0.25) is 14.7 Å². The number of likely N-dealkylation sites (tertiary alicyclic amines) is 1. The Bertz CT molecular complexity index is 1040. The lowest BCUT2D eigenvalue weighted by atomic mass is 9.88. The van der Waals surface area contributed by atoms with Crippen LogP contribution in [0.15, 0.2) is 79.1 Å². The molecule has 5 heteroatoms. The monoisotopic (exact) mass is 445 g/mol. The molecule has 1 aliphatic heterocycles. The van der Waals surface area contributed by atoms with E-state index >= 15 is 0 Å². The van der Waals surface area contributed by atoms with Crippen LogP contribution < -0.4 is 0 Å². The van der Waals surface area contributed by atoms with Gasteiger partial charge in [0.2, 0.25) is 0 Å². The number of hydrogen-bond donors (Lipinski definition) is 0. The predicted molar refractivity (Wildman–Crippen MR) is 129 cm³/mol. The van der Waals surface area contributed by atoms with E-state index in [1.54, 1.807) is 12.1 Å². The first-order valence-electron chi connectivity index (χ1n) is 11.7. The number of amides is 1. The number of pyridine rings is 1. The zero-order valence-corrected chi connectivity index (χ0v) is 19.4. The zero-order chi connectivity index (χ0) is 23.2. The third-order valence-electron chi connectivity index (χ3n) is 6.30. The molecule has 0 radical (unpaired) electrons. The van der Waals surface area contributed by atoms with Gasteiger partial charge in [0.15, 0.2) is 0 Å². The van der Waals surface area contributed by atoms with Gasteiger partial charge in [0, 0.05) is 56.6 Å². The second-order valence-electron chi connectivity index (χ2n) is 9.44. The Hall–Kier alpha value is -3.05. The molecule has 1 aromatic heterocycles. The second kappa shape index (κ2) is 10.7. The van der Waals surface area contributed by atoms with Crippen molar-refractivity contribution in [2.75, 3.05) is 26.2 Å². The van der Waals surface area contributed by atoms with Crippen molar-refractivity contribution in [3.8, 4) is 0 Å². The molecule has 172 valence electrons. The van der Waals surface area contributed by atoms with Crippen molar-refractivity contribution in [1.29, 1.82) is 0 Å². The van der Waals surface area contributed by atoms with Crippen molar-refractivity contribution in [3.63, 3.8) is 0 Å². The summed E-state index contributed by atoms with van der Waals surface area (Å²) < 4.78 is 14.1.